The van der Waals surface area contributed by atoms with E-state index in [1.807, 2.05) is 0 Å². The highest BCUT2D eigenvalue weighted by Gasteiger charge is 2.72. The molecule has 1 nitrogen and oxygen atoms in total. The van der Waals surface area contributed by atoms with E-state index in [9.17, 15) is 0 Å². The van der Waals surface area contributed by atoms with Gasteiger partial charge in [-0.15, -0.1) is 0 Å². The summed E-state index contributed by atoms with van der Waals surface area (Å²) in [5.74, 6) is 0.802. The van der Waals surface area contributed by atoms with Crippen molar-refractivity contribution in [3.63, 3.8) is 0 Å². The van der Waals surface area contributed by atoms with E-state index in [1.54, 1.807) is 0 Å². The average molecular weight is 423 g/mol. The van der Waals surface area contributed by atoms with Crippen LogP contribution < -0.4 is 0 Å². The highest BCUT2D eigenvalue weighted by atomic mass is 127. The zero-order valence-corrected chi connectivity index (χ0v) is 13.0. The quantitative estimate of drug-likeness (QED) is 0.488. The van der Waals surface area contributed by atoms with Gasteiger partial charge in [0.2, 0.25) is 0 Å². The van der Waals surface area contributed by atoms with Crippen LogP contribution in [0.15, 0.2) is 0 Å². The third-order valence-corrected chi connectivity index (χ3v) is 7.07. The lowest BCUT2D eigenvalue weighted by atomic mass is 9.98. The lowest BCUT2D eigenvalue weighted by Gasteiger charge is -2.28. The van der Waals surface area contributed by atoms with Crippen molar-refractivity contribution < 1.29 is 0 Å². The van der Waals surface area contributed by atoms with Crippen LogP contribution in [0.25, 0.3) is 0 Å². The highest BCUT2D eigenvalue weighted by molar-refractivity contribution is 14.1. The van der Waals surface area contributed by atoms with E-state index < -0.39 is 0 Å². The first kappa shape index (κ1) is 11.1. The molecule has 0 bridgehead atoms. The van der Waals surface area contributed by atoms with Crippen molar-refractivity contribution in [3.05, 3.63) is 0 Å². The van der Waals surface area contributed by atoms with Crippen LogP contribution in [0.3, 0.4) is 0 Å². The minimum Gasteiger partial charge on any atom is -0.302 e. The molecule has 0 aromatic carbocycles. The summed E-state index contributed by atoms with van der Waals surface area (Å²) >= 11 is 10.1. The van der Waals surface area contributed by atoms with Gasteiger partial charge in [0.05, 0.1) is 3.23 Å². The molecule has 0 amide bonds. The summed E-state index contributed by atoms with van der Waals surface area (Å²) < 4.78 is 1.49. The summed E-state index contributed by atoms with van der Waals surface area (Å²) in [4.78, 5) is 2.59. The van der Waals surface area contributed by atoms with Crippen LogP contribution in [-0.2, 0) is 0 Å². The molecule has 4 heteroatoms. The summed E-state index contributed by atoms with van der Waals surface area (Å²) in [6.07, 6.45) is 1.32. The number of hydrogen-bond donors (Lipinski definition) is 0. The molecule has 13 heavy (non-hydrogen) atoms. The normalized spacial score (nSPS) is 42.9. The molecule has 0 aromatic heterocycles. The zero-order valence-electron chi connectivity index (χ0n) is 7.69. The number of fused-ring (bicyclic) bond motifs is 1. The SMILES string of the molecule is C[C@@]12CCN(CCI)C[C@@H]1C2(Br)Br. The number of piperidine rings is 1. The number of rotatable bonds is 2. The van der Waals surface area contributed by atoms with Gasteiger partial charge in [0.25, 0.3) is 0 Å². The maximum atomic E-state index is 3.80. The van der Waals surface area contributed by atoms with Crippen molar-refractivity contribution in [2.45, 2.75) is 16.6 Å². The molecule has 2 atom stereocenters. The summed E-state index contributed by atoms with van der Waals surface area (Å²) in [7, 11) is 0. The van der Waals surface area contributed by atoms with E-state index in [0.29, 0.717) is 5.41 Å². The molecule has 1 aliphatic heterocycles. The molecule has 0 aromatic rings. The molecule has 1 heterocycles. The third-order valence-electron chi connectivity index (χ3n) is 3.67. The molecule has 0 spiro atoms. The second-order valence-corrected chi connectivity index (χ2v) is 8.98. The van der Waals surface area contributed by atoms with Crippen molar-refractivity contribution >= 4 is 54.5 Å². The van der Waals surface area contributed by atoms with E-state index in [-0.39, 0.29) is 3.23 Å². The Kier molecular flexibility index (Phi) is 3.08. The maximum absolute atomic E-state index is 3.80. The topological polar surface area (TPSA) is 3.24 Å². The van der Waals surface area contributed by atoms with Gasteiger partial charge in [0, 0.05) is 28.8 Å². The largest absolute Gasteiger partial charge is 0.302 e. The van der Waals surface area contributed by atoms with Crippen LogP contribution >= 0.6 is 54.5 Å². The molecular weight excluding hydrogens is 409 g/mol. The Labute approximate surface area is 110 Å². The molecule has 0 unspecified atom stereocenters. The number of hydrogen-bond acceptors (Lipinski definition) is 1. The molecule has 0 radical (unpaired) electrons. The van der Waals surface area contributed by atoms with Crippen molar-refractivity contribution in [1.29, 1.82) is 0 Å². The molecule has 2 rings (SSSR count). The minimum atomic E-state index is 0.243. The first-order valence-corrected chi connectivity index (χ1v) is 7.79. The Hall–Kier alpha value is 1.65. The fourth-order valence-electron chi connectivity index (χ4n) is 2.39. The number of nitrogens with zero attached hydrogens (tertiary/aromatic N) is 1. The van der Waals surface area contributed by atoms with Crippen molar-refractivity contribution in [1.82, 2.24) is 4.90 Å². The van der Waals surface area contributed by atoms with Gasteiger partial charge in [0.15, 0.2) is 0 Å². The fraction of sp³-hybridized carbons (Fsp3) is 1.00. The second-order valence-electron chi connectivity index (χ2n) is 4.33. The van der Waals surface area contributed by atoms with Crippen LogP contribution in [0, 0.1) is 11.3 Å². The molecule has 2 fully saturated rings. The number of likely N-dealkylation sites (tertiary alicyclic amines) is 1. The molecule has 2 aliphatic rings. The van der Waals surface area contributed by atoms with E-state index in [1.165, 1.54) is 30.5 Å². The first-order chi connectivity index (χ1) is 6.02. The van der Waals surface area contributed by atoms with Gasteiger partial charge in [0.1, 0.15) is 0 Å². The van der Waals surface area contributed by atoms with Crippen molar-refractivity contribution in [2.75, 3.05) is 24.1 Å². The lowest BCUT2D eigenvalue weighted by Crippen LogP contribution is -2.35. The zero-order chi connectivity index (χ0) is 9.69. The van der Waals surface area contributed by atoms with E-state index in [4.69, 9.17) is 0 Å². The second kappa shape index (κ2) is 3.59. The number of halogens is 3. The molecular formula is C9H14Br2IN. The monoisotopic (exact) mass is 421 g/mol. The Morgan fingerprint density at radius 1 is 1.54 bits per heavy atom. The van der Waals surface area contributed by atoms with Crippen LogP contribution in [0.4, 0.5) is 0 Å². The van der Waals surface area contributed by atoms with Crippen LogP contribution in [0.1, 0.15) is 13.3 Å². The van der Waals surface area contributed by atoms with Crippen LogP contribution in [0.2, 0.25) is 0 Å². The molecule has 1 saturated heterocycles. The summed E-state index contributed by atoms with van der Waals surface area (Å²) in [6, 6.07) is 0. The number of alkyl halides is 3. The highest BCUT2D eigenvalue weighted by Crippen LogP contribution is 2.74. The molecule has 1 saturated carbocycles. The lowest BCUT2D eigenvalue weighted by molar-refractivity contribution is 0.197. The minimum absolute atomic E-state index is 0.243. The average Bonchev–Trinajstić information content (AvgIpc) is 2.50. The summed E-state index contributed by atoms with van der Waals surface area (Å²) in [6.45, 7) is 6.18. The van der Waals surface area contributed by atoms with E-state index in [2.05, 4.69) is 66.3 Å². The first-order valence-electron chi connectivity index (χ1n) is 4.68. The Morgan fingerprint density at radius 3 is 2.77 bits per heavy atom. The van der Waals surface area contributed by atoms with E-state index in [0.717, 1.165) is 5.92 Å². The van der Waals surface area contributed by atoms with Gasteiger partial charge in [-0.1, -0.05) is 61.4 Å². The third kappa shape index (κ3) is 1.64. The Bertz CT molecular complexity index is 222. The standard InChI is InChI=1S/C9H14Br2IN/c1-8-2-4-13(5-3-12)6-7(8)9(8,10)11/h7H,2-6H2,1H3/t7-,8+/m0/s1. The van der Waals surface area contributed by atoms with Crippen molar-refractivity contribution in [3.8, 4) is 0 Å². The van der Waals surface area contributed by atoms with Gasteiger partial charge in [-0.3, -0.25) is 0 Å². The van der Waals surface area contributed by atoms with Crippen molar-refractivity contribution in [2.24, 2.45) is 11.3 Å². The molecule has 76 valence electrons. The smallest absolute Gasteiger partial charge is 0.0909 e. The van der Waals surface area contributed by atoms with Crippen LogP contribution in [0.5, 0.6) is 0 Å². The predicted molar refractivity (Wildman–Crippen MR) is 72.1 cm³/mol. The Morgan fingerprint density at radius 2 is 2.23 bits per heavy atom. The van der Waals surface area contributed by atoms with Gasteiger partial charge in [-0.2, -0.15) is 0 Å². The summed E-state index contributed by atoms with van der Waals surface area (Å²) in [5.41, 5.74) is 0.509. The van der Waals surface area contributed by atoms with Gasteiger partial charge in [-0.25, -0.2) is 0 Å². The van der Waals surface area contributed by atoms with Gasteiger partial charge < -0.3 is 4.90 Å². The fourth-order valence-corrected chi connectivity index (χ4v) is 5.10. The Balaban J connectivity index is 1.98. The summed E-state index contributed by atoms with van der Waals surface area (Å²) in [5, 5.41) is 0. The van der Waals surface area contributed by atoms with Crippen LogP contribution in [-0.4, -0.2) is 32.2 Å². The van der Waals surface area contributed by atoms with E-state index >= 15 is 0 Å². The van der Waals surface area contributed by atoms with Gasteiger partial charge in [-0.05, 0) is 13.0 Å². The molecule has 1 aliphatic carbocycles. The molecule has 0 N–H and O–H groups in total. The maximum Gasteiger partial charge on any atom is 0.0909 e. The van der Waals surface area contributed by atoms with Gasteiger partial charge >= 0.3 is 0 Å². The predicted octanol–water partition coefficient (Wildman–Crippen LogP) is 3.25.